The van der Waals surface area contributed by atoms with E-state index in [0.29, 0.717) is 5.41 Å². The predicted molar refractivity (Wildman–Crippen MR) is 81.9 cm³/mol. The van der Waals surface area contributed by atoms with Gasteiger partial charge in [0.25, 0.3) is 0 Å². The number of rotatable bonds is 4. The third-order valence-corrected chi connectivity index (χ3v) is 6.49. The number of hydrogen-bond acceptors (Lipinski definition) is 3. The fourth-order valence-corrected chi connectivity index (χ4v) is 4.71. The first-order valence-electron chi connectivity index (χ1n) is 7.91. The van der Waals surface area contributed by atoms with Crippen molar-refractivity contribution in [1.29, 1.82) is 0 Å². The van der Waals surface area contributed by atoms with E-state index in [2.05, 4.69) is 25.7 Å². The molecule has 3 saturated heterocycles. The molecule has 110 valence electrons. The van der Waals surface area contributed by atoms with Crippen molar-refractivity contribution in [2.45, 2.75) is 38.1 Å². The van der Waals surface area contributed by atoms with E-state index in [0.717, 1.165) is 24.6 Å². The van der Waals surface area contributed by atoms with Crippen LogP contribution in [0, 0.1) is 5.41 Å². The monoisotopic (exact) mass is 330 g/mol. The molecule has 0 radical (unpaired) electrons. The Kier molecular flexibility index (Phi) is 4.83. The number of hydrogen-bond donors (Lipinski definition) is 0. The van der Waals surface area contributed by atoms with Gasteiger partial charge in [-0.3, -0.25) is 4.90 Å². The van der Waals surface area contributed by atoms with Gasteiger partial charge in [0.15, 0.2) is 0 Å². The lowest BCUT2D eigenvalue weighted by Gasteiger charge is -2.39. The molecule has 0 aliphatic carbocycles. The highest BCUT2D eigenvalue weighted by molar-refractivity contribution is 9.09. The second-order valence-corrected chi connectivity index (χ2v) is 7.23. The topological polar surface area (TPSA) is 15.7 Å². The Labute approximate surface area is 125 Å². The van der Waals surface area contributed by atoms with Crippen LogP contribution in [0.1, 0.15) is 32.1 Å². The second kappa shape index (κ2) is 6.42. The molecule has 3 aliphatic heterocycles. The van der Waals surface area contributed by atoms with Crippen molar-refractivity contribution in [3.8, 4) is 0 Å². The van der Waals surface area contributed by atoms with Crippen LogP contribution in [-0.4, -0.2) is 67.1 Å². The van der Waals surface area contributed by atoms with Gasteiger partial charge in [0, 0.05) is 37.7 Å². The van der Waals surface area contributed by atoms with Crippen LogP contribution in [0.15, 0.2) is 0 Å². The molecule has 19 heavy (non-hydrogen) atoms. The van der Waals surface area contributed by atoms with E-state index < -0.39 is 0 Å². The van der Waals surface area contributed by atoms with Crippen LogP contribution >= 0.6 is 15.9 Å². The average Bonchev–Trinajstić information content (AvgIpc) is 3.10. The van der Waals surface area contributed by atoms with E-state index in [4.69, 9.17) is 4.74 Å². The molecule has 0 spiro atoms. The summed E-state index contributed by atoms with van der Waals surface area (Å²) in [5.41, 5.74) is 0.470. The zero-order chi connectivity index (χ0) is 13.1. The minimum atomic E-state index is 0.470. The minimum Gasteiger partial charge on any atom is -0.381 e. The first kappa shape index (κ1) is 14.3. The van der Waals surface area contributed by atoms with E-state index >= 15 is 0 Å². The summed E-state index contributed by atoms with van der Waals surface area (Å²) >= 11 is 3.76. The molecule has 3 aliphatic rings. The quantitative estimate of drug-likeness (QED) is 0.736. The Balaban J connectivity index is 1.52. The SMILES string of the molecule is BrCC1(CN2CCC(N3CCCC3)C2)CCOCC1. The fraction of sp³-hybridized carbons (Fsp3) is 1.00. The number of ether oxygens (including phenoxy) is 1. The molecule has 0 bridgehead atoms. The van der Waals surface area contributed by atoms with Crippen LogP contribution in [0.3, 0.4) is 0 Å². The number of alkyl halides is 1. The maximum absolute atomic E-state index is 5.55. The van der Waals surface area contributed by atoms with Gasteiger partial charge in [-0.15, -0.1) is 0 Å². The molecule has 0 aromatic rings. The number of nitrogens with zero attached hydrogens (tertiary/aromatic N) is 2. The Hall–Kier alpha value is 0.360. The molecule has 3 fully saturated rings. The van der Waals surface area contributed by atoms with Crippen molar-refractivity contribution in [3.63, 3.8) is 0 Å². The summed E-state index contributed by atoms with van der Waals surface area (Å²) in [5.74, 6) is 0. The number of halogens is 1. The third kappa shape index (κ3) is 3.34. The smallest absolute Gasteiger partial charge is 0.0472 e. The standard InChI is InChI=1S/C15H27BrN2O/c16-12-15(4-9-19-10-5-15)13-17-8-3-14(11-17)18-6-1-2-7-18/h14H,1-13H2. The van der Waals surface area contributed by atoms with Crippen LogP contribution < -0.4 is 0 Å². The van der Waals surface area contributed by atoms with Gasteiger partial charge in [0.2, 0.25) is 0 Å². The molecule has 3 heterocycles. The Morgan fingerprint density at radius 3 is 2.53 bits per heavy atom. The number of likely N-dealkylation sites (tertiary alicyclic amines) is 2. The molecule has 1 atom stereocenters. The fourth-order valence-electron chi connectivity index (χ4n) is 3.97. The molecule has 0 saturated carbocycles. The van der Waals surface area contributed by atoms with Gasteiger partial charge in [0.05, 0.1) is 0 Å². The van der Waals surface area contributed by atoms with E-state index in [1.807, 2.05) is 0 Å². The highest BCUT2D eigenvalue weighted by Crippen LogP contribution is 2.35. The lowest BCUT2D eigenvalue weighted by molar-refractivity contribution is 0.0108. The molecule has 1 unspecified atom stereocenters. The van der Waals surface area contributed by atoms with Gasteiger partial charge >= 0.3 is 0 Å². The Bertz CT molecular complexity index is 288. The molecule has 0 aromatic heterocycles. The summed E-state index contributed by atoms with van der Waals surface area (Å²) in [6, 6.07) is 0.842. The van der Waals surface area contributed by atoms with Crippen LogP contribution in [0.2, 0.25) is 0 Å². The summed E-state index contributed by atoms with van der Waals surface area (Å²) in [6.07, 6.45) is 6.67. The van der Waals surface area contributed by atoms with Crippen molar-refractivity contribution < 1.29 is 4.74 Å². The normalized spacial score (nSPS) is 33.0. The van der Waals surface area contributed by atoms with Crippen molar-refractivity contribution in [1.82, 2.24) is 9.80 Å². The van der Waals surface area contributed by atoms with Crippen LogP contribution in [0.25, 0.3) is 0 Å². The van der Waals surface area contributed by atoms with E-state index in [9.17, 15) is 0 Å². The lowest BCUT2D eigenvalue weighted by atomic mass is 9.82. The summed E-state index contributed by atoms with van der Waals surface area (Å²) in [7, 11) is 0. The molecule has 0 N–H and O–H groups in total. The summed E-state index contributed by atoms with van der Waals surface area (Å²) in [4.78, 5) is 5.44. The summed E-state index contributed by atoms with van der Waals surface area (Å²) < 4.78 is 5.55. The van der Waals surface area contributed by atoms with Gasteiger partial charge < -0.3 is 9.64 Å². The highest BCUT2D eigenvalue weighted by Gasteiger charge is 2.37. The Morgan fingerprint density at radius 2 is 1.84 bits per heavy atom. The van der Waals surface area contributed by atoms with Crippen molar-refractivity contribution in [3.05, 3.63) is 0 Å². The molecular weight excluding hydrogens is 304 g/mol. The van der Waals surface area contributed by atoms with Crippen molar-refractivity contribution >= 4 is 15.9 Å². The first-order valence-corrected chi connectivity index (χ1v) is 9.04. The zero-order valence-corrected chi connectivity index (χ0v) is 13.5. The van der Waals surface area contributed by atoms with Gasteiger partial charge in [-0.25, -0.2) is 0 Å². The Morgan fingerprint density at radius 1 is 1.11 bits per heavy atom. The van der Waals surface area contributed by atoms with Crippen molar-refractivity contribution in [2.24, 2.45) is 5.41 Å². The highest BCUT2D eigenvalue weighted by atomic mass is 79.9. The summed E-state index contributed by atoms with van der Waals surface area (Å²) in [6.45, 7) is 8.47. The van der Waals surface area contributed by atoms with E-state index in [1.54, 1.807) is 0 Å². The third-order valence-electron chi connectivity index (χ3n) is 5.30. The first-order chi connectivity index (χ1) is 9.31. The van der Waals surface area contributed by atoms with Crippen LogP contribution in [0.4, 0.5) is 0 Å². The van der Waals surface area contributed by atoms with Gasteiger partial charge in [0.1, 0.15) is 0 Å². The summed E-state index contributed by atoms with van der Waals surface area (Å²) in [5, 5.41) is 1.13. The molecule has 3 rings (SSSR count). The van der Waals surface area contributed by atoms with E-state index in [1.165, 1.54) is 64.8 Å². The van der Waals surface area contributed by atoms with Crippen LogP contribution in [0.5, 0.6) is 0 Å². The van der Waals surface area contributed by atoms with Gasteiger partial charge in [-0.2, -0.15) is 0 Å². The second-order valence-electron chi connectivity index (χ2n) is 6.67. The minimum absolute atomic E-state index is 0.470. The largest absolute Gasteiger partial charge is 0.381 e. The maximum Gasteiger partial charge on any atom is 0.0472 e. The molecular formula is C15H27BrN2O. The molecule has 0 amide bonds. The average molecular weight is 331 g/mol. The van der Waals surface area contributed by atoms with E-state index in [-0.39, 0.29) is 0 Å². The van der Waals surface area contributed by atoms with Gasteiger partial charge in [-0.05, 0) is 57.2 Å². The zero-order valence-electron chi connectivity index (χ0n) is 12.0. The van der Waals surface area contributed by atoms with Crippen LogP contribution in [-0.2, 0) is 4.74 Å². The van der Waals surface area contributed by atoms with Crippen molar-refractivity contribution in [2.75, 3.05) is 51.3 Å². The molecule has 4 heteroatoms. The lowest BCUT2D eigenvalue weighted by Crippen LogP contribution is -2.43. The predicted octanol–water partition coefficient (Wildman–Crippen LogP) is 2.35. The molecule has 3 nitrogen and oxygen atoms in total. The molecule has 0 aromatic carbocycles. The maximum atomic E-state index is 5.55. The van der Waals surface area contributed by atoms with Gasteiger partial charge in [-0.1, -0.05) is 15.9 Å².